The van der Waals surface area contributed by atoms with Gasteiger partial charge in [0.25, 0.3) is 5.91 Å². The number of nitrogens with zero attached hydrogens (tertiary/aromatic N) is 2. The number of ether oxygens (including phenoxy) is 2. The molecule has 2 heterocycles. The molecule has 0 atom stereocenters. The molecule has 26 heavy (non-hydrogen) atoms. The lowest BCUT2D eigenvalue weighted by atomic mass is 10.1. The average molecular weight is 376 g/mol. The second-order valence-electron chi connectivity index (χ2n) is 6.22. The van der Waals surface area contributed by atoms with Gasteiger partial charge in [-0.15, -0.1) is 0 Å². The normalized spacial score (nSPS) is 14.8. The van der Waals surface area contributed by atoms with E-state index in [0.29, 0.717) is 23.7 Å². The Morgan fingerprint density at radius 1 is 1.27 bits per heavy atom. The summed E-state index contributed by atoms with van der Waals surface area (Å²) in [6.45, 7) is 5.67. The number of hydrogen-bond acceptors (Lipinski definition) is 6. The summed E-state index contributed by atoms with van der Waals surface area (Å²) >= 11 is 1.90. The number of aryl methyl sites for hydroxylation is 2. The van der Waals surface area contributed by atoms with Gasteiger partial charge in [0, 0.05) is 24.4 Å². The van der Waals surface area contributed by atoms with E-state index < -0.39 is 0 Å². The van der Waals surface area contributed by atoms with E-state index in [2.05, 4.69) is 5.16 Å². The molecule has 0 saturated carbocycles. The highest BCUT2D eigenvalue weighted by molar-refractivity contribution is 7.99. The van der Waals surface area contributed by atoms with Crippen molar-refractivity contribution in [1.29, 1.82) is 0 Å². The van der Waals surface area contributed by atoms with E-state index in [-0.39, 0.29) is 5.91 Å². The van der Waals surface area contributed by atoms with Crippen LogP contribution in [0.5, 0.6) is 11.5 Å². The van der Waals surface area contributed by atoms with Gasteiger partial charge in [-0.05, 0) is 44.2 Å². The molecule has 1 fully saturated rings. The zero-order valence-electron chi connectivity index (χ0n) is 15.4. The minimum absolute atomic E-state index is 0.0445. The number of thioether (sulfide) groups is 1. The molecule has 0 unspecified atom stereocenters. The molecular weight excluding hydrogens is 352 g/mol. The topological polar surface area (TPSA) is 64.8 Å². The Balaban J connectivity index is 1.73. The van der Waals surface area contributed by atoms with Crippen molar-refractivity contribution >= 4 is 17.7 Å². The Morgan fingerprint density at radius 2 is 2.12 bits per heavy atom. The first-order chi connectivity index (χ1) is 12.6. The molecule has 0 spiro atoms. The van der Waals surface area contributed by atoms with Crippen LogP contribution < -0.4 is 9.47 Å². The molecular formula is C19H24N2O4S. The van der Waals surface area contributed by atoms with E-state index >= 15 is 0 Å². The van der Waals surface area contributed by atoms with Crippen molar-refractivity contribution in [3.05, 3.63) is 40.8 Å². The fraction of sp³-hybridized carbons (Fsp3) is 0.474. The molecule has 140 valence electrons. The molecule has 0 aliphatic carbocycles. The molecule has 6 nitrogen and oxygen atoms in total. The number of carbonyl (C=O) groups excluding carboxylic acids is 1. The van der Waals surface area contributed by atoms with E-state index in [4.69, 9.17) is 14.0 Å². The van der Waals surface area contributed by atoms with Crippen LogP contribution in [0, 0.1) is 13.8 Å². The van der Waals surface area contributed by atoms with Gasteiger partial charge in [0.2, 0.25) is 0 Å². The van der Waals surface area contributed by atoms with E-state index in [1.54, 1.807) is 25.3 Å². The van der Waals surface area contributed by atoms with Crippen LogP contribution in [-0.2, 0) is 6.61 Å². The predicted molar refractivity (Wildman–Crippen MR) is 101 cm³/mol. The fourth-order valence-electron chi connectivity index (χ4n) is 2.91. The number of benzene rings is 1. The highest BCUT2D eigenvalue weighted by atomic mass is 32.2. The van der Waals surface area contributed by atoms with Gasteiger partial charge in [-0.2, -0.15) is 11.8 Å². The van der Waals surface area contributed by atoms with Gasteiger partial charge in [-0.3, -0.25) is 4.79 Å². The summed E-state index contributed by atoms with van der Waals surface area (Å²) in [4.78, 5) is 14.7. The van der Waals surface area contributed by atoms with Gasteiger partial charge < -0.3 is 18.9 Å². The van der Waals surface area contributed by atoms with Gasteiger partial charge in [0.15, 0.2) is 11.5 Å². The first kappa shape index (κ1) is 18.6. The summed E-state index contributed by atoms with van der Waals surface area (Å²) in [7, 11) is 1.58. The highest BCUT2D eigenvalue weighted by Crippen LogP contribution is 2.30. The molecule has 1 aromatic heterocycles. The first-order valence-electron chi connectivity index (χ1n) is 8.69. The molecule has 0 bridgehead atoms. The maximum Gasteiger partial charge on any atom is 0.254 e. The van der Waals surface area contributed by atoms with Crippen molar-refractivity contribution in [3.63, 3.8) is 0 Å². The first-order valence-corrected chi connectivity index (χ1v) is 9.85. The van der Waals surface area contributed by atoms with Crippen LogP contribution in [-0.4, -0.2) is 47.7 Å². The van der Waals surface area contributed by atoms with Crippen molar-refractivity contribution < 1.29 is 18.8 Å². The van der Waals surface area contributed by atoms with E-state index in [0.717, 1.165) is 48.0 Å². The second-order valence-corrected chi connectivity index (χ2v) is 7.44. The summed E-state index contributed by atoms with van der Waals surface area (Å²) < 4.78 is 16.5. The smallest absolute Gasteiger partial charge is 0.254 e. The number of methoxy groups -OCH3 is 1. The Kier molecular flexibility index (Phi) is 6.08. The molecule has 1 aromatic carbocycles. The maximum atomic E-state index is 12.8. The average Bonchev–Trinajstić information content (AvgIpc) is 2.85. The minimum Gasteiger partial charge on any atom is -0.493 e. The highest BCUT2D eigenvalue weighted by Gasteiger charge is 2.19. The third-order valence-electron chi connectivity index (χ3n) is 4.47. The van der Waals surface area contributed by atoms with Crippen LogP contribution in [0.2, 0.25) is 0 Å². The van der Waals surface area contributed by atoms with Crippen LogP contribution in [0.25, 0.3) is 0 Å². The molecule has 0 N–H and O–H groups in total. The van der Waals surface area contributed by atoms with Gasteiger partial charge in [-0.1, -0.05) is 5.16 Å². The zero-order chi connectivity index (χ0) is 18.5. The molecule has 1 saturated heterocycles. The third-order valence-corrected chi connectivity index (χ3v) is 5.52. The standard InChI is InChI=1S/C19H24N2O4S/c1-13-16(14(2)25-20-13)12-24-17-6-5-15(11-18(17)23-3)19(22)21-7-4-9-26-10-8-21/h5-6,11H,4,7-10,12H2,1-3H3. The van der Waals surface area contributed by atoms with Crippen molar-refractivity contribution in [2.75, 3.05) is 31.7 Å². The van der Waals surface area contributed by atoms with E-state index in [1.807, 2.05) is 30.5 Å². The van der Waals surface area contributed by atoms with Gasteiger partial charge >= 0.3 is 0 Å². The minimum atomic E-state index is 0.0445. The summed E-state index contributed by atoms with van der Waals surface area (Å²) in [6.07, 6.45) is 1.03. The lowest BCUT2D eigenvalue weighted by Gasteiger charge is -2.20. The van der Waals surface area contributed by atoms with Gasteiger partial charge in [-0.25, -0.2) is 0 Å². The third kappa shape index (κ3) is 4.15. The molecule has 1 amide bonds. The molecule has 2 aromatic rings. The number of rotatable bonds is 5. The summed E-state index contributed by atoms with van der Waals surface area (Å²) in [5, 5.41) is 3.93. The fourth-order valence-corrected chi connectivity index (χ4v) is 3.80. The van der Waals surface area contributed by atoms with Crippen LogP contribution in [0.4, 0.5) is 0 Å². The zero-order valence-corrected chi connectivity index (χ0v) is 16.2. The Bertz CT molecular complexity index is 747. The van der Waals surface area contributed by atoms with Gasteiger partial charge in [0.1, 0.15) is 12.4 Å². The Labute approximate surface area is 157 Å². The number of hydrogen-bond donors (Lipinski definition) is 0. The van der Waals surface area contributed by atoms with Crippen LogP contribution in [0.3, 0.4) is 0 Å². The Hall–Kier alpha value is -2.15. The van der Waals surface area contributed by atoms with Crippen molar-refractivity contribution in [2.45, 2.75) is 26.9 Å². The molecule has 3 rings (SSSR count). The monoisotopic (exact) mass is 376 g/mol. The molecule has 1 aliphatic rings. The number of carbonyl (C=O) groups is 1. The second kappa shape index (κ2) is 8.49. The summed E-state index contributed by atoms with van der Waals surface area (Å²) in [5.74, 6) is 4.03. The maximum absolute atomic E-state index is 12.8. The van der Waals surface area contributed by atoms with Crippen LogP contribution >= 0.6 is 11.8 Å². The quantitative estimate of drug-likeness (QED) is 0.796. The van der Waals surface area contributed by atoms with E-state index in [9.17, 15) is 4.79 Å². The van der Waals surface area contributed by atoms with Crippen molar-refractivity contribution in [1.82, 2.24) is 10.1 Å². The predicted octanol–water partition coefficient (Wildman–Crippen LogP) is 3.46. The molecule has 1 aliphatic heterocycles. The number of amides is 1. The van der Waals surface area contributed by atoms with Crippen molar-refractivity contribution in [3.8, 4) is 11.5 Å². The van der Waals surface area contributed by atoms with E-state index in [1.165, 1.54) is 0 Å². The van der Waals surface area contributed by atoms with Crippen LogP contribution in [0.15, 0.2) is 22.7 Å². The largest absolute Gasteiger partial charge is 0.493 e. The van der Waals surface area contributed by atoms with Crippen LogP contribution in [0.1, 0.15) is 33.8 Å². The summed E-state index contributed by atoms with van der Waals surface area (Å²) in [6, 6.07) is 5.34. The molecule has 0 radical (unpaired) electrons. The molecule has 7 heteroatoms. The lowest BCUT2D eigenvalue weighted by molar-refractivity contribution is 0.0768. The SMILES string of the molecule is COc1cc(C(=O)N2CCCSCC2)ccc1OCc1c(C)noc1C. The van der Waals surface area contributed by atoms with Crippen molar-refractivity contribution in [2.24, 2.45) is 0 Å². The lowest BCUT2D eigenvalue weighted by Crippen LogP contribution is -2.32. The Morgan fingerprint density at radius 3 is 2.85 bits per heavy atom. The number of aromatic nitrogens is 1. The summed E-state index contributed by atoms with van der Waals surface area (Å²) in [5.41, 5.74) is 2.36. The van der Waals surface area contributed by atoms with Gasteiger partial charge in [0.05, 0.1) is 18.4 Å².